The minimum atomic E-state index is -1.79. The molecular formula is C21H20N2O2. The summed E-state index contributed by atoms with van der Waals surface area (Å²) in [6, 6.07) is 25.4. The zero-order chi connectivity index (χ0) is 17.7. The highest BCUT2D eigenvalue weighted by Gasteiger charge is 2.39. The molecule has 0 radical (unpaired) electrons. The summed E-state index contributed by atoms with van der Waals surface area (Å²) in [4.78, 5) is 12.9. The number of para-hydroxylation sites is 1. The third-order valence-electron chi connectivity index (χ3n) is 4.17. The van der Waals surface area contributed by atoms with E-state index in [0.717, 1.165) is 11.3 Å². The van der Waals surface area contributed by atoms with E-state index in [9.17, 15) is 9.90 Å². The summed E-state index contributed by atoms with van der Waals surface area (Å²) in [5, 5.41) is 11.3. The van der Waals surface area contributed by atoms with Crippen molar-refractivity contribution in [1.82, 2.24) is 5.43 Å². The maximum absolute atomic E-state index is 12.9. The molecule has 4 heteroatoms. The topological polar surface area (TPSA) is 61.4 Å². The van der Waals surface area contributed by atoms with Crippen LogP contribution in [-0.4, -0.2) is 11.0 Å². The number of aliphatic hydroxyl groups is 1. The molecule has 0 spiro atoms. The van der Waals surface area contributed by atoms with E-state index < -0.39 is 11.5 Å². The summed E-state index contributed by atoms with van der Waals surface area (Å²) < 4.78 is 0. The van der Waals surface area contributed by atoms with Crippen LogP contribution in [0.15, 0.2) is 84.9 Å². The number of anilines is 1. The van der Waals surface area contributed by atoms with Gasteiger partial charge in [-0.05, 0) is 29.7 Å². The molecule has 126 valence electrons. The Bertz CT molecular complexity index is 809. The molecule has 25 heavy (non-hydrogen) atoms. The van der Waals surface area contributed by atoms with Crippen molar-refractivity contribution in [3.05, 3.63) is 102 Å². The number of aryl methyl sites for hydroxylation is 1. The van der Waals surface area contributed by atoms with Gasteiger partial charge in [-0.25, -0.2) is 0 Å². The predicted molar refractivity (Wildman–Crippen MR) is 98.8 cm³/mol. The number of amides is 1. The van der Waals surface area contributed by atoms with Crippen LogP contribution in [0.25, 0.3) is 0 Å². The number of carbonyl (C=O) groups is 1. The summed E-state index contributed by atoms with van der Waals surface area (Å²) in [5.74, 6) is -0.548. The number of hydrazine groups is 1. The van der Waals surface area contributed by atoms with Crippen molar-refractivity contribution in [3.8, 4) is 0 Å². The van der Waals surface area contributed by atoms with Crippen molar-refractivity contribution in [2.24, 2.45) is 0 Å². The standard InChI is InChI=1S/C21H20N2O2/c1-16-10-8-9-15-19(16)22-23-20(24)21(25,17-11-4-2-5-12-17)18-13-6-3-7-14-18/h2-15,22,25H,1H3,(H,23,24). The summed E-state index contributed by atoms with van der Waals surface area (Å²) in [6.07, 6.45) is 0. The average Bonchev–Trinajstić information content (AvgIpc) is 2.68. The summed E-state index contributed by atoms with van der Waals surface area (Å²) in [7, 11) is 0. The predicted octanol–water partition coefficient (Wildman–Crippen LogP) is 3.37. The molecule has 0 bridgehead atoms. The van der Waals surface area contributed by atoms with E-state index in [1.165, 1.54) is 0 Å². The van der Waals surface area contributed by atoms with Gasteiger partial charge in [0, 0.05) is 0 Å². The largest absolute Gasteiger partial charge is 0.372 e. The molecule has 3 rings (SSSR count). The molecule has 0 saturated heterocycles. The van der Waals surface area contributed by atoms with Crippen LogP contribution in [0.3, 0.4) is 0 Å². The highest BCUT2D eigenvalue weighted by molar-refractivity contribution is 5.90. The molecule has 0 aliphatic heterocycles. The summed E-state index contributed by atoms with van der Waals surface area (Å²) in [6.45, 7) is 1.94. The van der Waals surface area contributed by atoms with E-state index in [-0.39, 0.29) is 0 Å². The fourth-order valence-electron chi connectivity index (χ4n) is 2.72. The molecule has 0 atom stereocenters. The molecule has 0 saturated carbocycles. The molecule has 0 unspecified atom stereocenters. The lowest BCUT2D eigenvalue weighted by Crippen LogP contribution is -2.47. The fourth-order valence-corrected chi connectivity index (χ4v) is 2.72. The van der Waals surface area contributed by atoms with E-state index >= 15 is 0 Å². The SMILES string of the molecule is Cc1ccccc1NNC(=O)C(O)(c1ccccc1)c1ccccc1. The third kappa shape index (κ3) is 3.39. The molecule has 0 aliphatic rings. The van der Waals surface area contributed by atoms with Gasteiger partial charge in [0.1, 0.15) is 0 Å². The van der Waals surface area contributed by atoms with Gasteiger partial charge in [-0.1, -0.05) is 78.9 Å². The lowest BCUT2D eigenvalue weighted by molar-refractivity contribution is -0.136. The number of benzene rings is 3. The summed E-state index contributed by atoms with van der Waals surface area (Å²) in [5.41, 5.74) is 6.52. The number of nitrogens with one attached hydrogen (secondary N) is 2. The second-order valence-corrected chi connectivity index (χ2v) is 5.84. The van der Waals surface area contributed by atoms with Crippen molar-refractivity contribution in [2.75, 3.05) is 5.43 Å². The van der Waals surface area contributed by atoms with E-state index in [1.807, 2.05) is 43.3 Å². The van der Waals surface area contributed by atoms with Gasteiger partial charge >= 0.3 is 0 Å². The second kappa shape index (κ2) is 7.20. The Balaban J connectivity index is 1.92. The van der Waals surface area contributed by atoms with Crippen LogP contribution >= 0.6 is 0 Å². The third-order valence-corrected chi connectivity index (χ3v) is 4.17. The van der Waals surface area contributed by atoms with E-state index in [1.54, 1.807) is 48.5 Å². The number of carbonyl (C=O) groups excluding carboxylic acids is 1. The lowest BCUT2D eigenvalue weighted by atomic mass is 9.85. The molecular weight excluding hydrogens is 312 g/mol. The Labute approximate surface area is 147 Å². The first-order valence-corrected chi connectivity index (χ1v) is 8.08. The molecule has 0 aromatic heterocycles. The quantitative estimate of drug-likeness (QED) is 0.628. The molecule has 0 aliphatic carbocycles. The highest BCUT2D eigenvalue weighted by Crippen LogP contribution is 2.29. The minimum absolute atomic E-state index is 0.505. The van der Waals surface area contributed by atoms with Crippen LogP contribution < -0.4 is 10.9 Å². The van der Waals surface area contributed by atoms with E-state index in [4.69, 9.17) is 0 Å². The van der Waals surface area contributed by atoms with Gasteiger partial charge in [-0.2, -0.15) is 0 Å². The van der Waals surface area contributed by atoms with Crippen LogP contribution in [0.4, 0.5) is 5.69 Å². The van der Waals surface area contributed by atoms with Crippen molar-refractivity contribution in [1.29, 1.82) is 0 Å². The molecule has 4 nitrogen and oxygen atoms in total. The van der Waals surface area contributed by atoms with Crippen molar-refractivity contribution >= 4 is 11.6 Å². The Morgan fingerprint density at radius 2 is 1.28 bits per heavy atom. The first-order chi connectivity index (χ1) is 12.1. The number of hydrogen-bond acceptors (Lipinski definition) is 3. The highest BCUT2D eigenvalue weighted by atomic mass is 16.3. The summed E-state index contributed by atoms with van der Waals surface area (Å²) >= 11 is 0. The first kappa shape index (κ1) is 16.7. The Morgan fingerprint density at radius 3 is 1.80 bits per heavy atom. The zero-order valence-corrected chi connectivity index (χ0v) is 13.9. The van der Waals surface area contributed by atoms with Gasteiger partial charge in [0.15, 0.2) is 5.60 Å². The molecule has 1 amide bonds. The van der Waals surface area contributed by atoms with Crippen LogP contribution in [0.2, 0.25) is 0 Å². The number of rotatable bonds is 5. The van der Waals surface area contributed by atoms with Crippen LogP contribution in [0.1, 0.15) is 16.7 Å². The monoisotopic (exact) mass is 332 g/mol. The molecule has 3 aromatic rings. The minimum Gasteiger partial charge on any atom is -0.372 e. The molecule has 0 heterocycles. The van der Waals surface area contributed by atoms with Crippen LogP contribution in [0.5, 0.6) is 0 Å². The van der Waals surface area contributed by atoms with E-state index in [2.05, 4.69) is 10.9 Å². The smallest absolute Gasteiger partial charge is 0.279 e. The van der Waals surface area contributed by atoms with Crippen molar-refractivity contribution in [2.45, 2.75) is 12.5 Å². The first-order valence-electron chi connectivity index (χ1n) is 8.08. The Kier molecular flexibility index (Phi) is 4.82. The molecule has 3 aromatic carbocycles. The van der Waals surface area contributed by atoms with Crippen molar-refractivity contribution in [3.63, 3.8) is 0 Å². The Hall–Kier alpha value is -3.11. The van der Waals surface area contributed by atoms with Gasteiger partial charge in [0.05, 0.1) is 5.69 Å². The molecule has 3 N–H and O–H groups in total. The second-order valence-electron chi connectivity index (χ2n) is 5.84. The van der Waals surface area contributed by atoms with Gasteiger partial charge in [0.2, 0.25) is 0 Å². The Morgan fingerprint density at radius 1 is 0.800 bits per heavy atom. The average molecular weight is 332 g/mol. The fraction of sp³-hybridized carbons (Fsp3) is 0.0952. The zero-order valence-electron chi connectivity index (χ0n) is 13.9. The van der Waals surface area contributed by atoms with Crippen LogP contribution in [0, 0.1) is 6.92 Å². The van der Waals surface area contributed by atoms with Crippen molar-refractivity contribution < 1.29 is 9.90 Å². The maximum Gasteiger partial charge on any atom is 0.279 e. The van der Waals surface area contributed by atoms with Gasteiger partial charge in [0.25, 0.3) is 5.91 Å². The van der Waals surface area contributed by atoms with E-state index in [0.29, 0.717) is 11.1 Å². The maximum atomic E-state index is 12.9. The number of hydrogen-bond donors (Lipinski definition) is 3. The van der Waals surface area contributed by atoms with Gasteiger partial charge in [-0.3, -0.25) is 15.6 Å². The van der Waals surface area contributed by atoms with Crippen LogP contribution in [-0.2, 0) is 10.4 Å². The van der Waals surface area contributed by atoms with Gasteiger partial charge in [-0.15, -0.1) is 0 Å². The van der Waals surface area contributed by atoms with Gasteiger partial charge < -0.3 is 5.11 Å². The normalized spacial score (nSPS) is 11.0. The molecule has 0 fully saturated rings. The lowest BCUT2D eigenvalue weighted by Gasteiger charge is -2.28.